The van der Waals surface area contributed by atoms with Crippen LogP contribution in [0.25, 0.3) is 88.0 Å². The molecular weight excluding hydrogens is 544 g/mol. The molecule has 0 aliphatic heterocycles. The van der Waals surface area contributed by atoms with Crippen LogP contribution in [0.15, 0.2) is 174 Å². The summed E-state index contributed by atoms with van der Waals surface area (Å²) in [5.41, 5.74) is 7.66. The molecule has 0 saturated carbocycles. The van der Waals surface area contributed by atoms with Crippen LogP contribution < -0.4 is 0 Å². The molecule has 0 amide bonds. The highest BCUT2D eigenvalue weighted by molar-refractivity contribution is 6.21. The Labute approximate surface area is 267 Å². The van der Waals surface area contributed by atoms with Gasteiger partial charge in [-0.25, -0.2) is 0 Å². The van der Waals surface area contributed by atoms with E-state index in [0.29, 0.717) is 22.3 Å². The van der Waals surface area contributed by atoms with Crippen LogP contribution in [0.5, 0.6) is 0 Å². The van der Waals surface area contributed by atoms with Crippen molar-refractivity contribution in [2.45, 2.75) is 0 Å². The van der Waals surface area contributed by atoms with Gasteiger partial charge in [-0.1, -0.05) is 145 Å². The smallest absolute Gasteiger partial charge is 0.136 e. The lowest BCUT2D eigenvalue weighted by Crippen LogP contribution is -1.90. The largest absolute Gasteiger partial charge is 0.456 e. The second kappa shape index (κ2) is 10.4. The number of hydrogen-bond donors (Lipinski definition) is 0. The zero-order chi connectivity index (χ0) is 33.2. The van der Waals surface area contributed by atoms with Gasteiger partial charge in [0.05, 0.1) is 5.48 Å². The molecule has 0 unspecified atom stereocenters. The minimum absolute atomic E-state index is 0.0663. The quantitative estimate of drug-likeness (QED) is 0.190. The summed E-state index contributed by atoms with van der Waals surface area (Å²) in [5, 5.41) is 5.55. The molecule has 0 atom stereocenters. The van der Waals surface area contributed by atoms with E-state index < -0.39 is 0 Å². The molecule has 0 radical (unpaired) electrons. The Morgan fingerprint density at radius 3 is 1.42 bits per heavy atom. The maximum atomic E-state index is 9.39. The Morgan fingerprint density at radius 1 is 0.311 bits per heavy atom. The minimum Gasteiger partial charge on any atom is -0.456 e. The van der Waals surface area contributed by atoms with Gasteiger partial charge in [0.1, 0.15) is 11.2 Å². The standard InChI is InChI=1S/C44H28O/c1-3-11-29(12-4-1)34-23-25-35-40-27-33(24-26-41(40)45-42(35)28-34)30-19-21-32(22-20-30)44-38-17-9-7-15-36(38)43(31-13-5-2-6-14-31)37-16-8-10-18-39(37)44/h1-28H/i19D,20D,21D,22D. The average molecular weight is 577 g/mol. The first kappa shape index (κ1) is 21.7. The molecule has 0 spiro atoms. The lowest BCUT2D eigenvalue weighted by atomic mass is 9.86. The number of hydrogen-bond acceptors (Lipinski definition) is 1. The van der Waals surface area contributed by atoms with Crippen molar-refractivity contribution in [1.82, 2.24) is 0 Å². The molecule has 1 heterocycles. The van der Waals surface area contributed by atoms with Crippen LogP contribution in [0.1, 0.15) is 5.48 Å². The predicted molar refractivity (Wildman–Crippen MR) is 190 cm³/mol. The van der Waals surface area contributed by atoms with Crippen LogP contribution in [-0.4, -0.2) is 0 Å². The maximum absolute atomic E-state index is 9.39. The van der Waals surface area contributed by atoms with Gasteiger partial charge in [-0.15, -0.1) is 0 Å². The third-order valence-electron chi connectivity index (χ3n) is 8.74. The van der Waals surface area contributed by atoms with Crippen molar-refractivity contribution in [3.8, 4) is 44.5 Å². The molecular formula is C44H28O. The van der Waals surface area contributed by atoms with E-state index >= 15 is 0 Å². The summed E-state index contributed by atoms with van der Waals surface area (Å²) in [5.74, 6) is 0. The van der Waals surface area contributed by atoms with E-state index in [1.807, 2.05) is 103 Å². The van der Waals surface area contributed by atoms with Crippen LogP contribution in [-0.2, 0) is 0 Å². The SMILES string of the molecule is [2H]c1c([2H])c(-c2c3ccccc3c(-c3ccccc3)c3ccccc23)c([2H])c([2H])c1-c1ccc2oc3cc(-c4ccccc4)ccc3c2c1. The molecule has 1 heteroatoms. The Hall–Kier alpha value is -5.92. The summed E-state index contributed by atoms with van der Waals surface area (Å²) in [6, 6.07) is 48.0. The van der Waals surface area contributed by atoms with E-state index in [1.54, 1.807) is 0 Å². The van der Waals surface area contributed by atoms with E-state index in [1.165, 1.54) is 0 Å². The summed E-state index contributed by atoms with van der Waals surface area (Å²) >= 11 is 0. The first-order chi connectivity index (χ1) is 24.0. The molecule has 0 fully saturated rings. The highest BCUT2D eigenvalue weighted by Crippen LogP contribution is 2.44. The van der Waals surface area contributed by atoms with Crippen molar-refractivity contribution in [2.75, 3.05) is 0 Å². The van der Waals surface area contributed by atoms with E-state index in [0.717, 1.165) is 60.2 Å². The van der Waals surface area contributed by atoms with Crippen molar-refractivity contribution in [1.29, 1.82) is 0 Å². The third-order valence-corrected chi connectivity index (χ3v) is 8.74. The first-order valence-electron chi connectivity index (χ1n) is 17.1. The third kappa shape index (κ3) is 4.24. The van der Waals surface area contributed by atoms with Crippen molar-refractivity contribution in [3.63, 3.8) is 0 Å². The predicted octanol–water partition coefficient (Wildman–Crippen LogP) is 12.6. The lowest BCUT2D eigenvalue weighted by Gasteiger charge is -2.18. The number of rotatable bonds is 4. The summed E-state index contributed by atoms with van der Waals surface area (Å²) < 4.78 is 43.6. The van der Waals surface area contributed by atoms with Gasteiger partial charge in [-0.2, -0.15) is 0 Å². The van der Waals surface area contributed by atoms with E-state index in [2.05, 4.69) is 42.5 Å². The molecule has 8 aromatic carbocycles. The molecule has 0 N–H and O–H groups in total. The Balaban J connectivity index is 1.26. The maximum Gasteiger partial charge on any atom is 0.136 e. The molecule has 210 valence electrons. The molecule has 0 aliphatic rings. The molecule has 0 bridgehead atoms. The fraction of sp³-hybridized carbons (Fsp3) is 0. The van der Waals surface area contributed by atoms with Gasteiger partial charge < -0.3 is 4.42 Å². The van der Waals surface area contributed by atoms with Gasteiger partial charge in [-0.05, 0) is 90.3 Å². The molecule has 1 nitrogen and oxygen atoms in total. The summed E-state index contributed by atoms with van der Waals surface area (Å²) in [7, 11) is 0. The van der Waals surface area contributed by atoms with Crippen LogP contribution in [0, 0.1) is 0 Å². The average Bonchev–Trinajstić information content (AvgIpc) is 3.52. The fourth-order valence-electron chi connectivity index (χ4n) is 6.64. The van der Waals surface area contributed by atoms with Gasteiger partial charge in [0.2, 0.25) is 0 Å². The highest BCUT2D eigenvalue weighted by Gasteiger charge is 2.16. The van der Waals surface area contributed by atoms with Crippen molar-refractivity contribution in [2.24, 2.45) is 0 Å². The van der Waals surface area contributed by atoms with E-state index in [4.69, 9.17) is 4.42 Å². The van der Waals surface area contributed by atoms with Crippen LogP contribution in [0.3, 0.4) is 0 Å². The zero-order valence-electron chi connectivity index (χ0n) is 28.3. The Kier molecular flexibility index (Phi) is 5.00. The monoisotopic (exact) mass is 576 g/mol. The molecule has 9 aromatic rings. The number of fused-ring (bicyclic) bond motifs is 5. The minimum atomic E-state index is -0.0742. The summed E-state index contributed by atoms with van der Waals surface area (Å²) in [4.78, 5) is 0. The number of benzene rings is 8. The lowest BCUT2D eigenvalue weighted by molar-refractivity contribution is 0.669. The Bertz CT molecular complexity index is 2660. The first-order valence-corrected chi connectivity index (χ1v) is 15.1. The molecule has 9 rings (SSSR count). The van der Waals surface area contributed by atoms with Crippen molar-refractivity contribution < 1.29 is 9.90 Å². The highest BCUT2D eigenvalue weighted by atomic mass is 16.3. The summed E-state index contributed by atoms with van der Waals surface area (Å²) in [6.45, 7) is 0. The number of furan rings is 1. The molecule has 1 aromatic heterocycles. The van der Waals surface area contributed by atoms with Gasteiger partial charge in [0.15, 0.2) is 0 Å². The van der Waals surface area contributed by atoms with Crippen molar-refractivity contribution >= 4 is 43.5 Å². The second-order valence-electron chi connectivity index (χ2n) is 11.3. The van der Waals surface area contributed by atoms with Crippen LogP contribution in [0.2, 0.25) is 0 Å². The van der Waals surface area contributed by atoms with E-state index in [-0.39, 0.29) is 29.7 Å². The molecule has 45 heavy (non-hydrogen) atoms. The van der Waals surface area contributed by atoms with E-state index in [9.17, 15) is 5.48 Å². The van der Waals surface area contributed by atoms with Crippen LogP contribution >= 0.6 is 0 Å². The van der Waals surface area contributed by atoms with Gasteiger partial charge >= 0.3 is 0 Å². The normalized spacial score (nSPS) is 12.8. The molecule has 0 aliphatic carbocycles. The van der Waals surface area contributed by atoms with Gasteiger partial charge in [0, 0.05) is 10.8 Å². The fourth-order valence-corrected chi connectivity index (χ4v) is 6.64. The van der Waals surface area contributed by atoms with Gasteiger partial charge in [-0.3, -0.25) is 0 Å². The van der Waals surface area contributed by atoms with Crippen LogP contribution in [0.4, 0.5) is 0 Å². The topological polar surface area (TPSA) is 13.1 Å². The van der Waals surface area contributed by atoms with Gasteiger partial charge in [0.25, 0.3) is 0 Å². The Morgan fingerprint density at radius 2 is 0.800 bits per heavy atom. The second-order valence-corrected chi connectivity index (χ2v) is 11.3. The van der Waals surface area contributed by atoms with Crippen molar-refractivity contribution in [3.05, 3.63) is 170 Å². The molecule has 0 saturated heterocycles. The summed E-state index contributed by atoms with van der Waals surface area (Å²) in [6.07, 6.45) is 0. The zero-order valence-corrected chi connectivity index (χ0v) is 24.3.